The van der Waals surface area contributed by atoms with Crippen LogP contribution >= 0.6 is 0 Å². The molecule has 0 amide bonds. The Labute approximate surface area is 64.2 Å². The molecule has 1 unspecified atom stereocenters. The molecule has 0 spiro atoms. The van der Waals surface area contributed by atoms with Gasteiger partial charge in [-0.3, -0.25) is 0 Å². The summed E-state index contributed by atoms with van der Waals surface area (Å²) in [5, 5.41) is 8.51. The first-order valence-corrected chi connectivity index (χ1v) is 3.91. The van der Waals surface area contributed by atoms with Gasteiger partial charge in [-0.05, 0) is 12.3 Å². The number of aliphatic hydroxyl groups excluding tert-OH is 1. The first-order chi connectivity index (χ1) is 4.81. The molecule has 0 radical (unpaired) electrons. The molecular formula is C8H20O2. The van der Waals surface area contributed by atoms with Crippen molar-refractivity contribution < 1.29 is 9.84 Å². The summed E-state index contributed by atoms with van der Waals surface area (Å²) in [6.45, 7) is 7.02. The molecule has 0 aromatic carbocycles. The van der Waals surface area contributed by atoms with Gasteiger partial charge in [-0.1, -0.05) is 20.8 Å². The van der Waals surface area contributed by atoms with E-state index in [1.54, 1.807) is 7.11 Å². The van der Waals surface area contributed by atoms with Crippen LogP contribution in [0.1, 0.15) is 27.2 Å². The zero-order chi connectivity index (χ0) is 8.41. The zero-order valence-corrected chi connectivity index (χ0v) is 7.55. The van der Waals surface area contributed by atoms with Crippen molar-refractivity contribution in [2.24, 2.45) is 5.92 Å². The lowest BCUT2D eigenvalue weighted by atomic mass is 10.1. The highest BCUT2D eigenvalue weighted by atomic mass is 16.5. The Morgan fingerprint density at radius 1 is 1.40 bits per heavy atom. The van der Waals surface area contributed by atoms with Crippen LogP contribution in [-0.4, -0.2) is 25.4 Å². The van der Waals surface area contributed by atoms with Crippen LogP contribution in [0.5, 0.6) is 0 Å². The first kappa shape index (κ1) is 12.6. The summed E-state index contributed by atoms with van der Waals surface area (Å²) < 4.78 is 4.80. The average molecular weight is 148 g/mol. The van der Waals surface area contributed by atoms with Gasteiger partial charge in [0.25, 0.3) is 0 Å². The lowest BCUT2D eigenvalue weighted by Crippen LogP contribution is -2.03. The molecule has 0 aliphatic carbocycles. The minimum absolute atomic E-state index is 0.267. The second-order valence-electron chi connectivity index (χ2n) is 2.07. The Hall–Kier alpha value is -0.0800. The van der Waals surface area contributed by atoms with E-state index in [9.17, 15) is 0 Å². The van der Waals surface area contributed by atoms with E-state index in [1.165, 1.54) is 0 Å². The highest BCUT2D eigenvalue weighted by Crippen LogP contribution is 1.98. The van der Waals surface area contributed by atoms with Crippen LogP contribution in [0.4, 0.5) is 0 Å². The van der Waals surface area contributed by atoms with E-state index in [2.05, 4.69) is 0 Å². The highest BCUT2D eigenvalue weighted by Gasteiger charge is 1.96. The van der Waals surface area contributed by atoms with E-state index in [0.29, 0.717) is 5.92 Å². The Morgan fingerprint density at radius 3 is 2.20 bits per heavy atom. The normalized spacial score (nSPS) is 11.7. The maximum absolute atomic E-state index is 8.51. The quantitative estimate of drug-likeness (QED) is 0.657. The van der Waals surface area contributed by atoms with Crippen molar-refractivity contribution in [3.63, 3.8) is 0 Å². The maximum atomic E-state index is 8.51. The minimum Gasteiger partial charge on any atom is -0.396 e. The lowest BCUT2D eigenvalue weighted by molar-refractivity contribution is 0.154. The molecule has 0 saturated carbocycles. The molecule has 0 rings (SSSR count). The summed E-state index contributed by atoms with van der Waals surface area (Å²) in [4.78, 5) is 0. The van der Waals surface area contributed by atoms with E-state index in [0.717, 1.165) is 13.0 Å². The third kappa shape index (κ3) is 10.8. The van der Waals surface area contributed by atoms with Crippen LogP contribution < -0.4 is 0 Å². The van der Waals surface area contributed by atoms with Crippen LogP contribution in [0, 0.1) is 5.92 Å². The smallest absolute Gasteiger partial charge is 0.0465 e. The number of rotatable bonds is 4. The van der Waals surface area contributed by atoms with Crippen molar-refractivity contribution in [1.29, 1.82) is 0 Å². The molecule has 1 atom stereocenters. The fourth-order valence-electron chi connectivity index (χ4n) is 0.410. The number of hydrogen-bond acceptors (Lipinski definition) is 2. The number of ether oxygens (including phenoxy) is 1. The van der Waals surface area contributed by atoms with Crippen molar-refractivity contribution in [1.82, 2.24) is 0 Å². The van der Waals surface area contributed by atoms with Gasteiger partial charge in [0.05, 0.1) is 0 Å². The van der Waals surface area contributed by atoms with Gasteiger partial charge in [-0.25, -0.2) is 0 Å². The number of aliphatic hydroxyl groups is 1. The SMILES string of the molecule is CC.COCCC(C)CO. The molecule has 2 nitrogen and oxygen atoms in total. The van der Waals surface area contributed by atoms with Gasteiger partial charge in [-0.15, -0.1) is 0 Å². The summed E-state index contributed by atoms with van der Waals surface area (Å²) in [5.74, 6) is 0.384. The van der Waals surface area contributed by atoms with Gasteiger partial charge in [0, 0.05) is 20.3 Å². The monoisotopic (exact) mass is 148 g/mol. The van der Waals surface area contributed by atoms with Crippen LogP contribution in [0.2, 0.25) is 0 Å². The van der Waals surface area contributed by atoms with Gasteiger partial charge in [0.2, 0.25) is 0 Å². The highest BCUT2D eigenvalue weighted by molar-refractivity contribution is 4.46. The molecule has 0 heterocycles. The van der Waals surface area contributed by atoms with Crippen molar-refractivity contribution in [3.8, 4) is 0 Å². The number of hydrogen-bond donors (Lipinski definition) is 1. The largest absolute Gasteiger partial charge is 0.396 e. The molecule has 0 bridgehead atoms. The second kappa shape index (κ2) is 11.7. The van der Waals surface area contributed by atoms with Crippen LogP contribution in [0.15, 0.2) is 0 Å². The molecule has 0 saturated heterocycles. The Morgan fingerprint density at radius 2 is 1.90 bits per heavy atom. The van der Waals surface area contributed by atoms with E-state index in [-0.39, 0.29) is 6.61 Å². The van der Waals surface area contributed by atoms with E-state index in [1.807, 2.05) is 20.8 Å². The fraction of sp³-hybridized carbons (Fsp3) is 1.00. The van der Waals surface area contributed by atoms with Gasteiger partial charge in [-0.2, -0.15) is 0 Å². The van der Waals surface area contributed by atoms with E-state index >= 15 is 0 Å². The summed E-state index contributed by atoms with van der Waals surface area (Å²) in [6.07, 6.45) is 0.951. The van der Waals surface area contributed by atoms with Crippen molar-refractivity contribution in [3.05, 3.63) is 0 Å². The predicted molar refractivity (Wildman–Crippen MR) is 44.1 cm³/mol. The molecular weight excluding hydrogens is 128 g/mol. The fourth-order valence-corrected chi connectivity index (χ4v) is 0.410. The standard InChI is InChI=1S/C6H14O2.C2H6/c1-6(5-7)3-4-8-2;1-2/h6-7H,3-5H2,1-2H3;1-2H3. The molecule has 0 aromatic rings. The van der Waals surface area contributed by atoms with Crippen molar-refractivity contribution in [2.75, 3.05) is 20.3 Å². The maximum Gasteiger partial charge on any atom is 0.0465 e. The Balaban J connectivity index is 0. The summed E-state index contributed by atoms with van der Waals surface area (Å²) in [6, 6.07) is 0. The molecule has 1 N–H and O–H groups in total. The minimum atomic E-state index is 0.267. The third-order valence-corrected chi connectivity index (χ3v) is 1.13. The topological polar surface area (TPSA) is 29.5 Å². The van der Waals surface area contributed by atoms with Crippen LogP contribution in [-0.2, 0) is 4.74 Å². The van der Waals surface area contributed by atoms with Crippen LogP contribution in [0.25, 0.3) is 0 Å². The lowest BCUT2D eigenvalue weighted by Gasteiger charge is -2.04. The summed E-state index contributed by atoms with van der Waals surface area (Å²) in [5.41, 5.74) is 0. The first-order valence-electron chi connectivity index (χ1n) is 3.91. The molecule has 0 aliphatic rings. The number of methoxy groups -OCH3 is 1. The molecule has 0 aliphatic heterocycles. The molecule has 10 heavy (non-hydrogen) atoms. The third-order valence-electron chi connectivity index (χ3n) is 1.13. The second-order valence-corrected chi connectivity index (χ2v) is 2.07. The van der Waals surface area contributed by atoms with Gasteiger partial charge in [0.15, 0.2) is 0 Å². The van der Waals surface area contributed by atoms with E-state index < -0.39 is 0 Å². The molecule has 0 aromatic heterocycles. The van der Waals surface area contributed by atoms with Crippen molar-refractivity contribution >= 4 is 0 Å². The van der Waals surface area contributed by atoms with Crippen molar-refractivity contribution in [2.45, 2.75) is 27.2 Å². The van der Waals surface area contributed by atoms with Gasteiger partial charge in [0.1, 0.15) is 0 Å². The summed E-state index contributed by atoms with van der Waals surface area (Å²) >= 11 is 0. The average Bonchev–Trinajstić information content (AvgIpc) is 2.04. The predicted octanol–water partition coefficient (Wildman–Crippen LogP) is 1.68. The molecule has 64 valence electrons. The Bertz CT molecular complexity index is 46.5. The summed E-state index contributed by atoms with van der Waals surface area (Å²) in [7, 11) is 1.67. The zero-order valence-electron chi connectivity index (χ0n) is 7.55. The van der Waals surface area contributed by atoms with Crippen LogP contribution in [0.3, 0.4) is 0 Å². The molecule has 2 heteroatoms. The molecule has 0 fully saturated rings. The van der Waals surface area contributed by atoms with Gasteiger partial charge >= 0.3 is 0 Å². The Kier molecular flexibility index (Phi) is 14.7. The van der Waals surface area contributed by atoms with E-state index in [4.69, 9.17) is 9.84 Å². The van der Waals surface area contributed by atoms with Gasteiger partial charge < -0.3 is 9.84 Å².